The van der Waals surface area contributed by atoms with Gasteiger partial charge in [0, 0.05) is 28.7 Å². The average molecular weight is 274 g/mol. The smallest absolute Gasteiger partial charge is 0.252 e. The Morgan fingerprint density at radius 2 is 2.26 bits per heavy atom. The Morgan fingerprint density at radius 3 is 3.05 bits per heavy atom. The van der Waals surface area contributed by atoms with Gasteiger partial charge >= 0.3 is 0 Å². The lowest BCUT2D eigenvalue weighted by Crippen LogP contribution is -2.39. The van der Waals surface area contributed by atoms with Gasteiger partial charge < -0.3 is 10.3 Å². The van der Waals surface area contributed by atoms with E-state index < -0.39 is 0 Å². The number of amides is 1. The molecule has 0 aromatic carbocycles. The molecule has 2 aromatic heterocycles. The Hall–Kier alpha value is -1.88. The van der Waals surface area contributed by atoms with Crippen LogP contribution < -0.4 is 10.9 Å². The lowest BCUT2D eigenvalue weighted by Gasteiger charge is -2.24. The predicted molar refractivity (Wildman–Crippen MR) is 74.7 cm³/mol. The molecule has 19 heavy (non-hydrogen) atoms. The summed E-state index contributed by atoms with van der Waals surface area (Å²) < 4.78 is 0. The summed E-state index contributed by atoms with van der Waals surface area (Å²) in [5, 5.41) is 6.80. The molecule has 0 bridgehead atoms. The second-order valence-corrected chi connectivity index (χ2v) is 5.53. The van der Waals surface area contributed by atoms with E-state index in [9.17, 15) is 9.59 Å². The number of pyridine rings is 1. The maximum absolute atomic E-state index is 12.0. The van der Waals surface area contributed by atoms with Gasteiger partial charge in [-0.05, 0) is 36.3 Å². The standard InChI is InChI=1S/C14H14N2O2S/c17-13-4-1-9-7-11(2-3-12(9)16-13)15-14(18)10-5-6-19-8-10/h1,4-6,8,11H,2-3,7H2,(H,15,18)(H,16,17)/t11-/m1/s1. The molecule has 1 atom stereocenters. The summed E-state index contributed by atoms with van der Waals surface area (Å²) in [5.74, 6) is -0.0147. The first-order valence-electron chi connectivity index (χ1n) is 6.26. The van der Waals surface area contributed by atoms with Crippen molar-refractivity contribution in [2.45, 2.75) is 25.3 Å². The van der Waals surface area contributed by atoms with E-state index in [0.29, 0.717) is 0 Å². The Morgan fingerprint density at radius 1 is 1.37 bits per heavy atom. The van der Waals surface area contributed by atoms with Crippen LogP contribution >= 0.6 is 11.3 Å². The third kappa shape index (κ3) is 2.61. The van der Waals surface area contributed by atoms with Crippen LogP contribution in [-0.4, -0.2) is 16.9 Å². The van der Waals surface area contributed by atoms with Gasteiger partial charge in [-0.3, -0.25) is 9.59 Å². The van der Waals surface area contributed by atoms with Crippen LogP contribution in [0.15, 0.2) is 33.8 Å². The van der Waals surface area contributed by atoms with E-state index in [2.05, 4.69) is 10.3 Å². The normalized spacial score (nSPS) is 17.8. The van der Waals surface area contributed by atoms with Crippen molar-refractivity contribution in [1.29, 1.82) is 0 Å². The molecule has 1 aliphatic carbocycles. The number of aromatic amines is 1. The number of carbonyl (C=O) groups is 1. The van der Waals surface area contributed by atoms with Gasteiger partial charge in [0.2, 0.25) is 5.56 Å². The van der Waals surface area contributed by atoms with Crippen molar-refractivity contribution in [3.05, 3.63) is 56.1 Å². The molecule has 1 amide bonds. The average Bonchev–Trinajstić information content (AvgIpc) is 2.93. The molecule has 98 valence electrons. The first-order chi connectivity index (χ1) is 9.22. The predicted octanol–water partition coefficient (Wildman–Crippen LogP) is 1.72. The van der Waals surface area contributed by atoms with Crippen LogP contribution in [0.3, 0.4) is 0 Å². The largest absolute Gasteiger partial charge is 0.349 e. The van der Waals surface area contributed by atoms with Gasteiger partial charge in [-0.25, -0.2) is 0 Å². The van der Waals surface area contributed by atoms with Gasteiger partial charge in [-0.15, -0.1) is 0 Å². The molecule has 4 nitrogen and oxygen atoms in total. The fourth-order valence-electron chi connectivity index (χ4n) is 2.43. The van der Waals surface area contributed by atoms with E-state index in [-0.39, 0.29) is 17.5 Å². The molecule has 0 aliphatic heterocycles. The van der Waals surface area contributed by atoms with Crippen molar-refractivity contribution in [1.82, 2.24) is 10.3 Å². The molecular formula is C14H14N2O2S. The number of carbonyl (C=O) groups excluding carboxylic acids is 1. The number of H-pyrrole nitrogens is 1. The molecule has 2 N–H and O–H groups in total. The fraction of sp³-hybridized carbons (Fsp3) is 0.286. The van der Waals surface area contributed by atoms with Gasteiger partial charge in [0.25, 0.3) is 5.91 Å². The highest BCUT2D eigenvalue weighted by Gasteiger charge is 2.21. The van der Waals surface area contributed by atoms with E-state index in [1.165, 1.54) is 11.3 Å². The van der Waals surface area contributed by atoms with Crippen molar-refractivity contribution in [3.8, 4) is 0 Å². The lowest BCUT2D eigenvalue weighted by molar-refractivity contribution is 0.0934. The van der Waals surface area contributed by atoms with Gasteiger partial charge in [0.15, 0.2) is 0 Å². The van der Waals surface area contributed by atoms with Crippen LogP contribution in [-0.2, 0) is 12.8 Å². The highest BCUT2D eigenvalue weighted by atomic mass is 32.1. The van der Waals surface area contributed by atoms with Gasteiger partial charge in [0.1, 0.15) is 0 Å². The molecule has 0 radical (unpaired) electrons. The van der Waals surface area contributed by atoms with Crippen molar-refractivity contribution in [2.75, 3.05) is 0 Å². The molecule has 2 heterocycles. The van der Waals surface area contributed by atoms with E-state index in [1.54, 1.807) is 6.07 Å². The zero-order chi connectivity index (χ0) is 13.2. The van der Waals surface area contributed by atoms with Crippen molar-refractivity contribution >= 4 is 17.2 Å². The van der Waals surface area contributed by atoms with Gasteiger partial charge in [0.05, 0.1) is 0 Å². The van der Waals surface area contributed by atoms with E-state index in [4.69, 9.17) is 0 Å². The van der Waals surface area contributed by atoms with Crippen LogP contribution in [0.1, 0.15) is 28.0 Å². The summed E-state index contributed by atoms with van der Waals surface area (Å²) in [5.41, 5.74) is 2.80. The summed E-state index contributed by atoms with van der Waals surface area (Å²) in [6.07, 6.45) is 2.45. The maximum atomic E-state index is 12.0. The Kier molecular flexibility index (Phi) is 3.21. The van der Waals surface area contributed by atoms with Crippen LogP contribution in [0, 0.1) is 0 Å². The highest BCUT2D eigenvalue weighted by Crippen LogP contribution is 2.18. The minimum absolute atomic E-state index is 0.0147. The molecule has 5 heteroatoms. The highest BCUT2D eigenvalue weighted by molar-refractivity contribution is 7.08. The third-order valence-corrected chi connectivity index (χ3v) is 4.11. The number of aryl methyl sites for hydroxylation is 1. The third-order valence-electron chi connectivity index (χ3n) is 3.43. The second kappa shape index (κ2) is 5.01. The molecule has 0 saturated heterocycles. The molecule has 1 aliphatic rings. The molecule has 2 aromatic rings. The Bertz CT molecular complexity index is 646. The van der Waals surface area contributed by atoms with E-state index >= 15 is 0 Å². The monoisotopic (exact) mass is 274 g/mol. The minimum atomic E-state index is -0.0560. The van der Waals surface area contributed by atoms with Crippen LogP contribution in [0.5, 0.6) is 0 Å². The van der Waals surface area contributed by atoms with Crippen molar-refractivity contribution in [3.63, 3.8) is 0 Å². The van der Waals surface area contributed by atoms with E-state index in [0.717, 1.165) is 36.1 Å². The molecular weight excluding hydrogens is 260 g/mol. The molecule has 0 spiro atoms. The molecule has 0 fully saturated rings. The number of hydrogen-bond acceptors (Lipinski definition) is 3. The summed E-state index contributed by atoms with van der Waals surface area (Å²) in [6, 6.07) is 5.37. The minimum Gasteiger partial charge on any atom is -0.349 e. The SMILES string of the molecule is O=C(N[C@@H]1CCc2[nH]c(=O)ccc2C1)c1ccsc1. The van der Waals surface area contributed by atoms with Crippen LogP contribution in [0.4, 0.5) is 0 Å². The maximum Gasteiger partial charge on any atom is 0.252 e. The number of fused-ring (bicyclic) bond motifs is 1. The number of nitrogens with one attached hydrogen (secondary N) is 2. The Balaban J connectivity index is 1.71. The molecule has 3 rings (SSSR count). The quantitative estimate of drug-likeness (QED) is 0.876. The van der Waals surface area contributed by atoms with Crippen LogP contribution in [0.2, 0.25) is 0 Å². The lowest BCUT2D eigenvalue weighted by atomic mass is 9.92. The first kappa shape index (κ1) is 12.2. The molecule has 0 unspecified atom stereocenters. The topological polar surface area (TPSA) is 62.0 Å². The number of rotatable bonds is 2. The second-order valence-electron chi connectivity index (χ2n) is 4.75. The summed E-state index contributed by atoms with van der Waals surface area (Å²) >= 11 is 1.52. The van der Waals surface area contributed by atoms with Crippen LogP contribution in [0.25, 0.3) is 0 Å². The van der Waals surface area contributed by atoms with E-state index in [1.807, 2.05) is 22.9 Å². The Labute approximate surface area is 114 Å². The fourth-order valence-corrected chi connectivity index (χ4v) is 3.07. The zero-order valence-corrected chi connectivity index (χ0v) is 11.1. The molecule has 0 saturated carbocycles. The van der Waals surface area contributed by atoms with Gasteiger partial charge in [-0.1, -0.05) is 6.07 Å². The summed E-state index contributed by atoms with van der Waals surface area (Å²) in [4.78, 5) is 26.1. The van der Waals surface area contributed by atoms with Gasteiger partial charge in [-0.2, -0.15) is 11.3 Å². The van der Waals surface area contributed by atoms with Crippen molar-refractivity contribution in [2.24, 2.45) is 0 Å². The number of aromatic nitrogens is 1. The number of thiophene rings is 1. The first-order valence-corrected chi connectivity index (χ1v) is 7.21. The summed E-state index contributed by atoms with van der Waals surface area (Å²) in [7, 11) is 0. The number of hydrogen-bond donors (Lipinski definition) is 2. The zero-order valence-electron chi connectivity index (χ0n) is 10.3. The van der Waals surface area contributed by atoms with Crippen molar-refractivity contribution < 1.29 is 4.79 Å². The summed E-state index contributed by atoms with van der Waals surface area (Å²) in [6.45, 7) is 0.